The zero-order valence-electron chi connectivity index (χ0n) is 32.0. The van der Waals surface area contributed by atoms with Gasteiger partial charge in [0.25, 0.3) is 0 Å². The van der Waals surface area contributed by atoms with Gasteiger partial charge in [-0.15, -0.1) is 0 Å². The molecule has 0 unspecified atom stereocenters. The summed E-state index contributed by atoms with van der Waals surface area (Å²) in [6.45, 7) is 4.30. The van der Waals surface area contributed by atoms with E-state index in [1.54, 1.807) is 0 Å². The minimum atomic E-state index is -1.39. The van der Waals surface area contributed by atoms with Gasteiger partial charge in [0, 0.05) is 13.0 Å². The van der Waals surface area contributed by atoms with E-state index in [0.717, 1.165) is 38.5 Å². The fourth-order valence-electron chi connectivity index (χ4n) is 5.76. The number of unbranched alkanes of at least 4 members (excludes halogenated alkanes) is 19. The molecule has 0 aromatic rings. The monoisotopic (exact) mass is 725 g/mol. The molecule has 0 aromatic carbocycles. The summed E-state index contributed by atoms with van der Waals surface area (Å²) in [5, 5.41) is 16.9. The first-order valence-electron chi connectivity index (χ1n) is 19.9. The quantitative estimate of drug-likeness (QED) is 0.0202. The summed E-state index contributed by atoms with van der Waals surface area (Å²) in [5.41, 5.74) is 10.8. The van der Waals surface area contributed by atoms with Gasteiger partial charge in [-0.3, -0.25) is 24.2 Å². The molecule has 0 saturated heterocycles. The summed E-state index contributed by atoms with van der Waals surface area (Å²) in [5.74, 6) is -3.78. The molecule has 0 aliphatic carbocycles. The van der Waals surface area contributed by atoms with Crippen LogP contribution in [-0.4, -0.2) is 72.5 Å². The lowest BCUT2D eigenvalue weighted by Gasteiger charge is -2.19. The summed E-state index contributed by atoms with van der Waals surface area (Å²) < 4.78 is 5.27. The van der Waals surface area contributed by atoms with Crippen LogP contribution < -0.4 is 27.4 Å². The van der Waals surface area contributed by atoms with E-state index in [1.165, 1.54) is 83.5 Å². The Morgan fingerprint density at radius 3 is 1.59 bits per heavy atom. The third-order valence-electron chi connectivity index (χ3n) is 8.77. The molecule has 13 nitrogen and oxygen atoms in total. The molecule has 0 radical (unpaired) electrons. The molecule has 0 spiro atoms. The van der Waals surface area contributed by atoms with Gasteiger partial charge in [0.1, 0.15) is 12.1 Å². The van der Waals surface area contributed by atoms with Gasteiger partial charge in [0.2, 0.25) is 17.7 Å². The number of ether oxygens (including phenoxy) is 1. The maximum atomic E-state index is 13.0. The Morgan fingerprint density at radius 2 is 1.10 bits per heavy atom. The lowest BCUT2D eigenvalue weighted by atomic mass is 10.1. The molecule has 0 bridgehead atoms. The Morgan fingerprint density at radius 1 is 0.627 bits per heavy atom. The van der Waals surface area contributed by atoms with Gasteiger partial charge in [-0.2, -0.15) is 0 Å². The van der Waals surface area contributed by atoms with Crippen molar-refractivity contribution in [3.63, 3.8) is 0 Å². The number of nitrogens with one attached hydrogen (secondary N) is 3. The molecule has 0 aliphatic rings. The molecular formula is C38H72N6O7. The summed E-state index contributed by atoms with van der Waals surface area (Å²) in [7, 11) is 0. The van der Waals surface area contributed by atoms with Crippen molar-refractivity contribution < 1.29 is 33.8 Å². The van der Waals surface area contributed by atoms with Crippen molar-refractivity contribution in [3.8, 4) is 0 Å². The first-order valence-corrected chi connectivity index (χ1v) is 19.9. The number of esters is 1. The molecule has 0 aromatic heterocycles. The molecule has 0 heterocycles. The Kier molecular flexibility index (Phi) is 31.5. The lowest BCUT2D eigenvalue weighted by Crippen LogP contribution is -2.51. The van der Waals surface area contributed by atoms with Crippen molar-refractivity contribution in [3.05, 3.63) is 0 Å². The topological polar surface area (TPSA) is 215 Å². The first-order chi connectivity index (χ1) is 24.6. The molecular weight excluding hydrogens is 652 g/mol. The number of aliphatic imine (C=N–C) groups is 1. The average Bonchev–Trinajstić information content (AvgIpc) is 3.09. The van der Waals surface area contributed by atoms with Crippen LogP contribution in [0.3, 0.4) is 0 Å². The van der Waals surface area contributed by atoms with Gasteiger partial charge in [0.15, 0.2) is 5.96 Å². The number of carbonyl (C=O) groups excluding carboxylic acids is 4. The van der Waals surface area contributed by atoms with Crippen LogP contribution in [0.1, 0.15) is 174 Å². The molecule has 0 saturated carbocycles. The van der Waals surface area contributed by atoms with Crippen LogP contribution in [0.25, 0.3) is 0 Å². The van der Waals surface area contributed by atoms with Crippen LogP contribution in [0.2, 0.25) is 0 Å². The SMILES string of the molecule is CCCCCCCCCCCCCCOC(=O)[C@H](CC(=O)O)NC(=O)CNC(=O)[C@H](CCCN=C(N)N)NC(=O)CCCCCCCCCCC. The number of aliphatic carboxylic acids is 1. The van der Waals surface area contributed by atoms with Crippen molar-refractivity contribution in [1.29, 1.82) is 0 Å². The summed E-state index contributed by atoms with van der Waals surface area (Å²) in [6.07, 6.45) is 24.3. The van der Waals surface area contributed by atoms with Gasteiger partial charge in [-0.1, -0.05) is 136 Å². The number of hydrogen-bond acceptors (Lipinski definition) is 7. The number of carbonyl (C=O) groups is 5. The molecule has 2 atom stereocenters. The zero-order valence-corrected chi connectivity index (χ0v) is 32.0. The first kappa shape index (κ1) is 47.6. The van der Waals surface area contributed by atoms with Crippen LogP contribution in [0.15, 0.2) is 4.99 Å². The van der Waals surface area contributed by atoms with Gasteiger partial charge in [0.05, 0.1) is 19.6 Å². The fourth-order valence-corrected chi connectivity index (χ4v) is 5.76. The molecule has 0 fully saturated rings. The molecule has 0 aliphatic heterocycles. The van der Waals surface area contributed by atoms with Gasteiger partial charge in [-0.25, -0.2) is 4.79 Å². The predicted octanol–water partition coefficient (Wildman–Crippen LogP) is 5.77. The maximum Gasteiger partial charge on any atom is 0.329 e. The number of guanidine groups is 1. The Labute approximate surface area is 307 Å². The van der Waals surface area contributed by atoms with E-state index in [-0.39, 0.29) is 37.9 Å². The summed E-state index contributed by atoms with van der Waals surface area (Å²) >= 11 is 0. The highest BCUT2D eigenvalue weighted by atomic mass is 16.5. The van der Waals surface area contributed by atoms with Gasteiger partial charge >= 0.3 is 11.9 Å². The predicted molar refractivity (Wildman–Crippen MR) is 203 cm³/mol. The number of carboxylic acid groups (broad SMARTS) is 1. The van der Waals surface area contributed by atoms with Crippen LogP contribution in [0.5, 0.6) is 0 Å². The van der Waals surface area contributed by atoms with Crippen LogP contribution in [-0.2, 0) is 28.7 Å². The van der Waals surface area contributed by atoms with Crippen molar-refractivity contribution in [2.24, 2.45) is 16.5 Å². The Bertz CT molecular complexity index is 974. The standard InChI is InChI=1S/C38H72N6O7/c1-3-5-7-9-11-13-14-15-17-19-21-23-28-51-37(50)32(29-35(47)48)44-34(46)30-42-36(49)31(25-24-27-41-38(39)40)43-33(45)26-22-20-18-16-12-10-8-6-4-2/h31-32H,3-30H2,1-2H3,(H,42,49)(H,43,45)(H,44,46)(H,47,48)(H4,39,40,41)/t31-,32-/m0/s1. The smallest absolute Gasteiger partial charge is 0.329 e. The minimum Gasteiger partial charge on any atom is -0.481 e. The Hall–Kier alpha value is -3.38. The molecule has 8 N–H and O–H groups in total. The molecule has 13 heteroatoms. The van der Waals surface area contributed by atoms with Crippen LogP contribution in [0, 0.1) is 0 Å². The third kappa shape index (κ3) is 31.1. The number of amides is 3. The number of hydrogen-bond donors (Lipinski definition) is 6. The molecule has 3 amide bonds. The maximum absolute atomic E-state index is 13.0. The Balaban J connectivity index is 4.64. The molecule has 0 rings (SSSR count). The van der Waals surface area contributed by atoms with Gasteiger partial charge < -0.3 is 37.3 Å². The van der Waals surface area contributed by atoms with E-state index >= 15 is 0 Å². The van der Waals surface area contributed by atoms with Crippen molar-refractivity contribution in [2.75, 3.05) is 19.7 Å². The van der Waals surface area contributed by atoms with E-state index < -0.39 is 48.8 Å². The van der Waals surface area contributed by atoms with Gasteiger partial charge in [-0.05, 0) is 25.7 Å². The summed E-state index contributed by atoms with van der Waals surface area (Å²) in [4.78, 5) is 66.2. The van der Waals surface area contributed by atoms with Crippen molar-refractivity contribution in [2.45, 2.75) is 186 Å². The second-order valence-electron chi connectivity index (χ2n) is 13.6. The van der Waals surface area contributed by atoms with E-state index in [0.29, 0.717) is 19.3 Å². The van der Waals surface area contributed by atoms with Crippen molar-refractivity contribution in [1.82, 2.24) is 16.0 Å². The van der Waals surface area contributed by atoms with E-state index in [2.05, 4.69) is 34.8 Å². The molecule has 51 heavy (non-hydrogen) atoms. The van der Waals surface area contributed by atoms with Crippen LogP contribution in [0.4, 0.5) is 0 Å². The zero-order chi connectivity index (χ0) is 38.0. The van der Waals surface area contributed by atoms with E-state index in [1.807, 2.05) is 0 Å². The summed E-state index contributed by atoms with van der Waals surface area (Å²) in [6, 6.07) is -2.32. The third-order valence-corrected chi connectivity index (χ3v) is 8.77. The second-order valence-corrected chi connectivity index (χ2v) is 13.6. The highest BCUT2D eigenvalue weighted by Gasteiger charge is 2.26. The number of nitrogens with two attached hydrogens (primary N) is 2. The van der Waals surface area contributed by atoms with E-state index in [9.17, 15) is 29.1 Å². The number of carboxylic acids is 1. The average molecular weight is 725 g/mol. The molecule has 296 valence electrons. The number of rotatable bonds is 35. The highest BCUT2D eigenvalue weighted by Crippen LogP contribution is 2.13. The normalized spacial score (nSPS) is 12.0. The largest absolute Gasteiger partial charge is 0.481 e. The van der Waals surface area contributed by atoms with E-state index in [4.69, 9.17) is 16.2 Å². The minimum absolute atomic E-state index is 0.0782. The highest BCUT2D eigenvalue weighted by molar-refractivity contribution is 5.92. The second kappa shape index (κ2) is 33.7. The van der Waals surface area contributed by atoms with Crippen LogP contribution >= 0.6 is 0 Å². The number of nitrogens with zero attached hydrogens (tertiary/aromatic N) is 1. The fraction of sp³-hybridized carbons (Fsp3) is 0.842. The lowest BCUT2D eigenvalue weighted by molar-refractivity contribution is -0.151. The van der Waals surface area contributed by atoms with Crippen molar-refractivity contribution >= 4 is 35.6 Å².